The summed E-state index contributed by atoms with van der Waals surface area (Å²) in [5.74, 6) is 0.945. The van der Waals surface area contributed by atoms with E-state index in [4.69, 9.17) is 0 Å². The van der Waals surface area contributed by atoms with Crippen LogP contribution in [0.1, 0.15) is 110 Å². The lowest BCUT2D eigenvalue weighted by Crippen LogP contribution is -2.52. The Hall–Kier alpha value is -1.44. The molecule has 32 heavy (non-hydrogen) atoms. The molecule has 0 bridgehead atoms. The zero-order valence-electron chi connectivity index (χ0n) is 20.6. The van der Waals surface area contributed by atoms with Crippen LogP contribution in [0.4, 0.5) is 8.78 Å². The minimum atomic E-state index is -0.579. The monoisotopic (exact) mass is 442 g/mol. The van der Waals surface area contributed by atoms with Gasteiger partial charge in [-0.3, -0.25) is 0 Å². The third-order valence-corrected chi connectivity index (χ3v) is 8.67. The van der Waals surface area contributed by atoms with Crippen molar-refractivity contribution in [2.45, 2.75) is 110 Å². The van der Waals surface area contributed by atoms with Crippen molar-refractivity contribution in [3.8, 4) is 0 Å². The van der Waals surface area contributed by atoms with Crippen LogP contribution in [0.3, 0.4) is 0 Å². The fourth-order valence-electron chi connectivity index (χ4n) is 6.91. The second-order valence-electron chi connectivity index (χ2n) is 10.4. The van der Waals surface area contributed by atoms with Crippen molar-refractivity contribution in [3.05, 3.63) is 59.7 Å². The molecule has 0 N–H and O–H groups in total. The molecule has 2 aliphatic carbocycles. The van der Waals surface area contributed by atoms with Crippen LogP contribution in [-0.4, -0.2) is 0 Å². The lowest BCUT2D eigenvalue weighted by Gasteiger charge is -2.56. The van der Waals surface area contributed by atoms with E-state index in [2.05, 4.69) is 32.9 Å². The van der Waals surface area contributed by atoms with E-state index in [0.717, 1.165) is 56.4 Å². The minimum absolute atomic E-state index is 0.00735. The van der Waals surface area contributed by atoms with Crippen LogP contribution in [0.5, 0.6) is 0 Å². The van der Waals surface area contributed by atoms with Gasteiger partial charge in [-0.05, 0) is 61.3 Å². The molecule has 0 nitrogen and oxygen atoms in total. The van der Waals surface area contributed by atoms with Crippen LogP contribution in [0.15, 0.2) is 48.3 Å². The Labute approximate surface area is 195 Å². The summed E-state index contributed by atoms with van der Waals surface area (Å²) in [6.45, 7) is 6.61. The van der Waals surface area contributed by atoms with Crippen molar-refractivity contribution in [2.24, 2.45) is 17.3 Å². The van der Waals surface area contributed by atoms with Gasteiger partial charge >= 0.3 is 0 Å². The van der Waals surface area contributed by atoms with E-state index >= 15 is 4.39 Å². The van der Waals surface area contributed by atoms with Crippen LogP contribution in [0, 0.1) is 23.1 Å². The summed E-state index contributed by atoms with van der Waals surface area (Å²) in [4.78, 5) is 0. The molecule has 0 aliphatic heterocycles. The second-order valence-corrected chi connectivity index (χ2v) is 10.4. The highest BCUT2D eigenvalue weighted by molar-refractivity contribution is 5.44. The summed E-state index contributed by atoms with van der Waals surface area (Å²) in [5, 5.41) is 0. The maximum atomic E-state index is 16.0. The second kappa shape index (κ2) is 11.6. The van der Waals surface area contributed by atoms with Crippen molar-refractivity contribution in [1.29, 1.82) is 0 Å². The Morgan fingerprint density at radius 1 is 0.906 bits per heavy atom. The smallest absolute Gasteiger partial charge is 0.123 e. The number of allylic oxidation sites excluding steroid dienone is 4. The van der Waals surface area contributed by atoms with E-state index in [1.807, 2.05) is 12.1 Å². The molecule has 0 heterocycles. The number of hydrogen-bond acceptors (Lipinski definition) is 0. The first-order valence-corrected chi connectivity index (χ1v) is 13.4. The van der Waals surface area contributed by atoms with Crippen molar-refractivity contribution >= 4 is 0 Å². The fourth-order valence-corrected chi connectivity index (χ4v) is 6.91. The quantitative estimate of drug-likeness (QED) is 0.299. The van der Waals surface area contributed by atoms with E-state index < -0.39 is 10.8 Å². The zero-order chi connectivity index (χ0) is 23.0. The van der Waals surface area contributed by atoms with Crippen molar-refractivity contribution in [2.75, 3.05) is 0 Å². The Morgan fingerprint density at radius 2 is 1.62 bits per heavy atom. The normalized spacial score (nSPS) is 30.3. The van der Waals surface area contributed by atoms with Crippen molar-refractivity contribution in [3.63, 3.8) is 0 Å². The predicted molar refractivity (Wildman–Crippen MR) is 133 cm³/mol. The van der Waals surface area contributed by atoms with E-state index in [0.29, 0.717) is 5.92 Å². The molecular weight excluding hydrogens is 398 g/mol. The van der Waals surface area contributed by atoms with Gasteiger partial charge in [0.25, 0.3) is 0 Å². The van der Waals surface area contributed by atoms with Crippen LogP contribution in [0.25, 0.3) is 0 Å². The van der Waals surface area contributed by atoms with Gasteiger partial charge in [-0.25, -0.2) is 8.78 Å². The summed E-state index contributed by atoms with van der Waals surface area (Å²) < 4.78 is 30.5. The average Bonchev–Trinajstić information content (AvgIpc) is 2.81. The first-order valence-electron chi connectivity index (χ1n) is 13.4. The lowest BCUT2D eigenvalue weighted by molar-refractivity contribution is 0.0548. The van der Waals surface area contributed by atoms with Gasteiger partial charge in [-0.1, -0.05) is 103 Å². The highest BCUT2D eigenvalue weighted by Crippen LogP contribution is 2.62. The van der Waals surface area contributed by atoms with Gasteiger partial charge in [0.2, 0.25) is 0 Å². The zero-order valence-corrected chi connectivity index (χ0v) is 20.6. The van der Waals surface area contributed by atoms with Gasteiger partial charge in [0, 0.05) is 10.8 Å². The predicted octanol–water partition coefficient (Wildman–Crippen LogP) is 9.85. The first-order chi connectivity index (χ1) is 15.5. The van der Waals surface area contributed by atoms with Crippen LogP contribution in [-0.2, 0) is 5.41 Å². The highest BCUT2D eigenvalue weighted by atomic mass is 19.1. The molecule has 0 saturated heterocycles. The molecule has 0 amide bonds. The molecule has 2 heteroatoms. The number of hydrogen-bond donors (Lipinski definition) is 0. The lowest BCUT2D eigenvalue weighted by atomic mass is 9.47. The Bertz CT molecular complexity index is 771. The molecule has 0 aromatic heterocycles. The topological polar surface area (TPSA) is 0 Å². The molecule has 2 aliphatic rings. The number of benzene rings is 1. The standard InChI is InChI=1S/C30H44F2/c1-4-7-9-13-24-17-19-25(20-18-24)30(26-14-11-15-27(31)23-26)22-12-16-28(32)29(30,6-3)21-10-8-5-2/h11-12,14-16,22-25H,4-10,13,17-21H2,1-3H3/t24?,25?,29-,30-/m1/s1. The van der Waals surface area contributed by atoms with Crippen molar-refractivity contribution < 1.29 is 8.78 Å². The molecule has 1 aromatic carbocycles. The fraction of sp³-hybridized carbons (Fsp3) is 0.667. The van der Waals surface area contributed by atoms with Gasteiger partial charge in [-0.15, -0.1) is 0 Å². The largest absolute Gasteiger partial charge is 0.211 e. The highest BCUT2D eigenvalue weighted by Gasteiger charge is 2.57. The van der Waals surface area contributed by atoms with Crippen LogP contribution in [0.2, 0.25) is 0 Å². The maximum Gasteiger partial charge on any atom is 0.123 e. The summed E-state index contributed by atoms with van der Waals surface area (Å²) in [6, 6.07) is 7.09. The summed E-state index contributed by atoms with van der Waals surface area (Å²) in [6.07, 6.45) is 20.6. The van der Waals surface area contributed by atoms with Crippen LogP contribution >= 0.6 is 0 Å². The summed E-state index contributed by atoms with van der Waals surface area (Å²) in [7, 11) is 0. The van der Waals surface area contributed by atoms with Crippen LogP contribution < -0.4 is 0 Å². The van der Waals surface area contributed by atoms with Crippen molar-refractivity contribution in [1.82, 2.24) is 0 Å². The van der Waals surface area contributed by atoms with E-state index in [9.17, 15) is 4.39 Å². The van der Waals surface area contributed by atoms with Gasteiger partial charge in [0.05, 0.1) is 0 Å². The minimum Gasteiger partial charge on any atom is -0.211 e. The number of unbranched alkanes of at least 4 members (excludes halogenated alkanes) is 4. The number of halogens is 2. The van der Waals surface area contributed by atoms with E-state index in [1.54, 1.807) is 12.1 Å². The summed E-state index contributed by atoms with van der Waals surface area (Å²) >= 11 is 0. The third kappa shape index (κ3) is 4.90. The Balaban J connectivity index is 2.00. The van der Waals surface area contributed by atoms with Gasteiger partial charge in [-0.2, -0.15) is 0 Å². The molecular formula is C30H44F2. The maximum absolute atomic E-state index is 16.0. The van der Waals surface area contributed by atoms with Gasteiger partial charge < -0.3 is 0 Å². The number of rotatable bonds is 11. The molecule has 2 atom stereocenters. The summed E-state index contributed by atoms with van der Waals surface area (Å²) in [5.41, 5.74) is -0.0697. The SMILES string of the molecule is CCCCCC1CCC([C@@]2(c3cccc(F)c3)C=CC=C(F)[C@@]2(CC)CCCCC)CC1. The molecule has 0 radical (unpaired) electrons. The Kier molecular flexibility index (Phi) is 9.14. The van der Waals surface area contributed by atoms with Gasteiger partial charge in [0.1, 0.15) is 11.6 Å². The third-order valence-electron chi connectivity index (χ3n) is 8.67. The van der Waals surface area contributed by atoms with Gasteiger partial charge in [0.15, 0.2) is 0 Å². The average molecular weight is 443 g/mol. The molecule has 1 saturated carbocycles. The molecule has 1 aromatic rings. The molecule has 0 unspecified atom stereocenters. The Morgan fingerprint density at radius 3 is 2.28 bits per heavy atom. The molecule has 178 valence electrons. The first kappa shape index (κ1) is 25.2. The van der Waals surface area contributed by atoms with E-state index in [-0.39, 0.29) is 11.6 Å². The molecule has 0 spiro atoms. The molecule has 3 rings (SSSR count). The molecule has 1 fully saturated rings. The van der Waals surface area contributed by atoms with E-state index in [1.165, 1.54) is 44.6 Å².